The van der Waals surface area contributed by atoms with Crippen molar-refractivity contribution < 1.29 is 19.1 Å². The first-order valence-electron chi connectivity index (χ1n) is 3.05. The second-order valence-electron chi connectivity index (χ2n) is 1.78. The second-order valence-corrected chi connectivity index (χ2v) is 1.78. The van der Waals surface area contributed by atoms with E-state index in [9.17, 15) is 4.79 Å². The van der Waals surface area contributed by atoms with Crippen LogP contribution in [-0.2, 0) is 4.74 Å². The van der Waals surface area contributed by atoms with Crippen LogP contribution in [0.4, 0.5) is 4.79 Å². The molecular formula is C7H8NO3+. The molecule has 4 nitrogen and oxygen atoms in total. The van der Waals surface area contributed by atoms with E-state index in [1.54, 1.807) is 24.5 Å². The Labute approximate surface area is 63.9 Å². The average Bonchev–Trinajstić information content (AvgIpc) is 2.06. The molecule has 0 spiro atoms. The van der Waals surface area contributed by atoms with Crippen molar-refractivity contribution in [3.8, 4) is 0 Å². The number of nitrogens with zero attached hydrogens (tertiary/aromatic N) is 1. The third-order valence-corrected chi connectivity index (χ3v) is 1.03. The zero-order valence-electron chi connectivity index (χ0n) is 6.06. The molecule has 0 aliphatic carbocycles. The maximum absolute atomic E-state index is 10.5. The fourth-order valence-corrected chi connectivity index (χ4v) is 0.567. The fourth-order valence-electron chi connectivity index (χ4n) is 0.567. The standard InChI is InChI=1S/C7H8NO3/c1-10-7(9)11-8-5-3-2-4-6-8/h2-6H,1H3/q+1. The normalized spacial score (nSPS) is 8.82. The van der Waals surface area contributed by atoms with Gasteiger partial charge in [0.2, 0.25) is 12.4 Å². The Morgan fingerprint density at radius 1 is 1.27 bits per heavy atom. The van der Waals surface area contributed by atoms with Crippen molar-refractivity contribution in [2.24, 2.45) is 0 Å². The summed E-state index contributed by atoms with van der Waals surface area (Å²) in [5.74, 6) is 0. The minimum absolute atomic E-state index is 0.735. The van der Waals surface area contributed by atoms with Crippen LogP contribution in [0.1, 0.15) is 0 Å². The molecule has 1 rings (SSSR count). The lowest BCUT2D eigenvalue weighted by atomic mass is 10.5. The fraction of sp³-hybridized carbons (Fsp3) is 0.143. The summed E-state index contributed by atoms with van der Waals surface area (Å²) in [7, 11) is 1.26. The zero-order chi connectivity index (χ0) is 8.10. The van der Waals surface area contributed by atoms with Gasteiger partial charge in [-0.05, 0) is 0 Å². The predicted molar refractivity (Wildman–Crippen MR) is 35.6 cm³/mol. The van der Waals surface area contributed by atoms with Crippen LogP contribution in [0.5, 0.6) is 0 Å². The second kappa shape index (κ2) is 3.55. The molecule has 1 aromatic heterocycles. The van der Waals surface area contributed by atoms with Crippen molar-refractivity contribution in [1.29, 1.82) is 0 Å². The SMILES string of the molecule is COC(=O)O[n+]1ccccc1. The van der Waals surface area contributed by atoms with E-state index in [1.807, 2.05) is 6.07 Å². The highest BCUT2D eigenvalue weighted by Gasteiger charge is 2.07. The lowest BCUT2D eigenvalue weighted by Crippen LogP contribution is -2.44. The number of pyridine rings is 1. The monoisotopic (exact) mass is 154 g/mol. The summed E-state index contributed by atoms with van der Waals surface area (Å²) in [4.78, 5) is 15.1. The van der Waals surface area contributed by atoms with Crippen LogP contribution in [0.2, 0.25) is 0 Å². The average molecular weight is 154 g/mol. The van der Waals surface area contributed by atoms with E-state index in [4.69, 9.17) is 0 Å². The Hall–Kier alpha value is -1.58. The first kappa shape index (κ1) is 7.53. The van der Waals surface area contributed by atoms with Gasteiger partial charge in [-0.1, -0.05) is 6.07 Å². The van der Waals surface area contributed by atoms with Crippen molar-refractivity contribution in [1.82, 2.24) is 0 Å². The molecule has 1 heterocycles. The molecule has 0 unspecified atom stereocenters. The minimum Gasteiger partial charge on any atom is -0.434 e. The van der Waals surface area contributed by atoms with Gasteiger partial charge in [0.25, 0.3) is 0 Å². The van der Waals surface area contributed by atoms with E-state index in [0.717, 1.165) is 0 Å². The molecule has 0 N–H and O–H groups in total. The lowest BCUT2D eigenvalue weighted by molar-refractivity contribution is -0.870. The third kappa shape index (κ3) is 2.25. The Balaban J connectivity index is 2.58. The number of hydrogen-bond donors (Lipinski definition) is 0. The quantitative estimate of drug-likeness (QED) is 0.427. The number of methoxy groups -OCH3 is 1. The first-order chi connectivity index (χ1) is 5.33. The number of carbonyl (C=O) groups is 1. The van der Waals surface area contributed by atoms with Crippen LogP contribution in [0.25, 0.3) is 0 Å². The zero-order valence-corrected chi connectivity index (χ0v) is 6.06. The number of hydrogen-bond acceptors (Lipinski definition) is 3. The lowest BCUT2D eigenvalue weighted by Gasteiger charge is -1.91. The number of aromatic nitrogens is 1. The van der Waals surface area contributed by atoms with Gasteiger partial charge in [-0.25, -0.2) is 0 Å². The molecule has 0 saturated carbocycles. The van der Waals surface area contributed by atoms with E-state index in [1.165, 1.54) is 11.8 Å². The highest BCUT2D eigenvalue weighted by molar-refractivity contribution is 5.58. The number of rotatable bonds is 1. The molecule has 0 aliphatic heterocycles. The third-order valence-electron chi connectivity index (χ3n) is 1.03. The molecule has 0 amide bonds. The minimum atomic E-state index is -0.735. The van der Waals surface area contributed by atoms with E-state index >= 15 is 0 Å². The predicted octanol–water partition coefficient (Wildman–Crippen LogP) is 0.169. The van der Waals surface area contributed by atoms with Crippen LogP contribution < -0.4 is 9.57 Å². The van der Waals surface area contributed by atoms with Crippen LogP contribution >= 0.6 is 0 Å². The highest BCUT2D eigenvalue weighted by Crippen LogP contribution is 1.76. The van der Waals surface area contributed by atoms with Gasteiger partial charge in [0.05, 0.1) is 7.11 Å². The molecule has 0 fully saturated rings. The smallest absolute Gasteiger partial charge is 0.434 e. The van der Waals surface area contributed by atoms with Crippen LogP contribution in [0.3, 0.4) is 0 Å². The highest BCUT2D eigenvalue weighted by atomic mass is 16.8. The summed E-state index contributed by atoms with van der Waals surface area (Å²) >= 11 is 0. The molecule has 0 bridgehead atoms. The van der Waals surface area contributed by atoms with Crippen LogP contribution in [-0.4, -0.2) is 13.3 Å². The van der Waals surface area contributed by atoms with E-state index in [2.05, 4.69) is 9.57 Å². The Kier molecular flexibility index (Phi) is 2.43. The largest absolute Gasteiger partial charge is 0.571 e. The molecular weight excluding hydrogens is 146 g/mol. The summed E-state index contributed by atoms with van der Waals surface area (Å²) in [5, 5.41) is 0. The molecule has 0 aliphatic rings. The summed E-state index contributed by atoms with van der Waals surface area (Å²) in [6, 6.07) is 5.29. The van der Waals surface area contributed by atoms with Gasteiger partial charge >= 0.3 is 6.16 Å². The molecule has 0 saturated heterocycles. The van der Waals surface area contributed by atoms with Crippen molar-refractivity contribution in [3.63, 3.8) is 0 Å². The van der Waals surface area contributed by atoms with Crippen LogP contribution in [0.15, 0.2) is 30.6 Å². The Bertz CT molecular complexity index is 235. The van der Waals surface area contributed by atoms with E-state index in [0.29, 0.717) is 0 Å². The first-order valence-corrected chi connectivity index (χ1v) is 3.05. The summed E-state index contributed by atoms with van der Waals surface area (Å²) in [6.07, 6.45) is 2.45. The molecule has 11 heavy (non-hydrogen) atoms. The Morgan fingerprint density at radius 3 is 2.45 bits per heavy atom. The van der Waals surface area contributed by atoms with Gasteiger partial charge in [-0.2, -0.15) is 4.79 Å². The molecule has 0 radical (unpaired) electrons. The Morgan fingerprint density at radius 2 is 1.91 bits per heavy atom. The van der Waals surface area contributed by atoms with E-state index in [-0.39, 0.29) is 0 Å². The van der Waals surface area contributed by atoms with Gasteiger partial charge < -0.3 is 4.74 Å². The van der Waals surface area contributed by atoms with Gasteiger partial charge in [0, 0.05) is 16.9 Å². The van der Waals surface area contributed by atoms with Crippen molar-refractivity contribution >= 4 is 6.16 Å². The molecule has 4 heteroatoms. The molecule has 58 valence electrons. The topological polar surface area (TPSA) is 39.4 Å². The van der Waals surface area contributed by atoms with E-state index < -0.39 is 6.16 Å². The van der Waals surface area contributed by atoms with Crippen molar-refractivity contribution in [2.45, 2.75) is 0 Å². The number of carbonyl (C=O) groups excluding carboxylic acids is 1. The van der Waals surface area contributed by atoms with Gasteiger partial charge in [0.15, 0.2) is 0 Å². The summed E-state index contributed by atoms with van der Waals surface area (Å²) in [5.41, 5.74) is 0. The van der Waals surface area contributed by atoms with Gasteiger partial charge in [-0.3, -0.25) is 0 Å². The van der Waals surface area contributed by atoms with Gasteiger partial charge in [-0.15, -0.1) is 4.84 Å². The van der Waals surface area contributed by atoms with Crippen LogP contribution in [0, 0.1) is 0 Å². The van der Waals surface area contributed by atoms with Gasteiger partial charge in [0.1, 0.15) is 0 Å². The summed E-state index contributed by atoms with van der Waals surface area (Å²) in [6.45, 7) is 0. The molecule has 0 aromatic carbocycles. The van der Waals surface area contributed by atoms with Crippen molar-refractivity contribution in [3.05, 3.63) is 30.6 Å². The van der Waals surface area contributed by atoms with Crippen molar-refractivity contribution in [2.75, 3.05) is 7.11 Å². The summed E-state index contributed by atoms with van der Waals surface area (Å²) < 4.78 is 5.53. The maximum Gasteiger partial charge on any atom is 0.571 e. The molecule has 0 atom stereocenters. The number of ether oxygens (including phenoxy) is 1. The molecule has 1 aromatic rings. The maximum atomic E-state index is 10.5.